The summed E-state index contributed by atoms with van der Waals surface area (Å²) in [5.41, 5.74) is 5.70. The van der Waals surface area contributed by atoms with E-state index in [9.17, 15) is 0 Å². The van der Waals surface area contributed by atoms with E-state index < -0.39 is 0 Å². The van der Waals surface area contributed by atoms with E-state index in [-0.39, 0.29) is 5.95 Å². The number of anilines is 3. The lowest BCUT2D eigenvalue weighted by molar-refractivity contribution is 0.711. The molecule has 0 unspecified atom stereocenters. The Labute approximate surface area is 103 Å². The first-order valence-electron chi connectivity index (χ1n) is 6.02. The summed E-state index contributed by atoms with van der Waals surface area (Å²) in [6, 6.07) is 0. The molecular formula is C11H22N6. The summed E-state index contributed by atoms with van der Waals surface area (Å²) < 4.78 is 0. The molecule has 0 atom stereocenters. The van der Waals surface area contributed by atoms with Crippen molar-refractivity contribution in [3.05, 3.63) is 0 Å². The minimum Gasteiger partial charge on any atom is -0.368 e. The lowest BCUT2D eigenvalue weighted by Gasteiger charge is -2.21. The van der Waals surface area contributed by atoms with Crippen LogP contribution < -0.4 is 15.5 Å². The van der Waals surface area contributed by atoms with Crippen LogP contribution in [0.2, 0.25) is 0 Å². The summed E-state index contributed by atoms with van der Waals surface area (Å²) in [5.74, 6) is 1.54. The molecule has 1 aromatic heterocycles. The van der Waals surface area contributed by atoms with Gasteiger partial charge in [-0.3, -0.25) is 0 Å². The Hall–Kier alpha value is -1.59. The van der Waals surface area contributed by atoms with Crippen LogP contribution in [0, 0.1) is 0 Å². The third-order valence-corrected chi connectivity index (χ3v) is 2.48. The van der Waals surface area contributed by atoms with E-state index in [1.807, 2.05) is 19.0 Å². The maximum atomic E-state index is 5.70. The van der Waals surface area contributed by atoms with Gasteiger partial charge in [-0.25, -0.2) is 0 Å². The lowest BCUT2D eigenvalue weighted by Crippen LogP contribution is -2.27. The van der Waals surface area contributed by atoms with Crippen LogP contribution in [-0.2, 0) is 0 Å². The van der Waals surface area contributed by atoms with Crippen LogP contribution >= 0.6 is 0 Å². The van der Waals surface area contributed by atoms with Gasteiger partial charge in [-0.15, -0.1) is 0 Å². The van der Waals surface area contributed by atoms with Crippen molar-refractivity contribution in [3.8, 4) is 0 Å². The molecule has 17 heavy (non-hydrogen) atoms. The summed E-state index contributed by atoms with van der Waals surface area (Å²) in [4.78, 5) is 16.6. The SMILES string of the molecule is CCCCN(CC)c1nc(N)nc(N(C)C)n1. The van der Waals surface area contributed by atoms with Gasteiger partial charge in [0.15, 0.2) is 0 Å². The Bertz CT molecular complexity index is 352. The summed E-state index contributed by atoms with van der Waals surface area (Å²) in [7, 11) is 3.78. The molecule has 0 saturated carbocycles. The highest BCUT2D eigenvalue weighted by atomic mass is 15.3. The second-order valence-electron chi connectivity index (χ2n) is 4.12. The van der Waals surface area contributed by atoms with Gasteiger partial charge in [-0.1, -0.05) is 13.3 Å². The minimum absolute atomic E-state index is 0.272. The molecule has 96 valence electrons. The van der Waals surface area contributed by atoms with Crippen LogP contribution in [0.3, 0.4) is 0 Å². The molecule has 6 nitrogen and oxygen atoms in total. The van der Waals surface area contributed by atoms with Crippen molar-refractivity contribution in [1.82, 2.24) is 15.0 Å². The van der Waals surface area contributed by atoms with Crippen LogP contribution in [0.15, 0.2) is 0 Å². The molecule has 6 heteroatoms. The van der Waals surface area contributed by atoms with Gasteiger partial charge in [0.1, 0.15) is 0 Å². The Morgan fingerprint density at radius 3 is 2.24 bits per heavy atom. The first-order valence-corrected chi connectivity index (χ1v) is 6.02. The predicted octanol–water partition coefficient (Wildman–Crippen LogP) is 1.15. The fourth-order valence-electron chi connectivity index (χ4n) is 1.46. The summed E-state index contributed by atoms with van der Waals surface area (Å²) >= 11 is 0. The number of hydrogen-bond donors (Lipinski definition) is 1. The van der Waals surface area contributed by atoms with Crippen molar-refractivity contribution < 1.29 is 0 Å². The Balaban J connectivity index is 2.94. The molecule has 2 N–H and O–H groups in total. The normalized spacial score (nSPS) is 10.4. The van der Waals surface area contributed by atoms with E-state index in [2.05, 4.69) is 33.7 Å². The monoisotopic (exact) mass is 238 g/mol. The molecule has 0 aliphatic heterocycles. The smallest absolute Gasteiger partial charge is 0.231 e. The summed E-state index contributed by atoms with van der Waals surface area (Å²) in [6.07, 6.45) is 2.27. The molecule has 1 rings (SSSR count). The summed E-state index contributed by atoms with van der Waals surface area (Å²) in [5, 5.41) is 0. The number of nitrogens with two attached hydrogens (primary N) is 1. The predicted molar refractivity (Wildman–Crippen MR) is 71.4 cm³/mol. The quantitative estimate of drug-likeness (QED) is 0.801. The van der Waals surface area contributed by atoms with E-state index in [0.717, 1.165) is 25.9 Å². The minimum atomic E-state index is 0.272. The van der Waals surface area contributed by atoms with E-state index in [1.54, 1.807) is 0 Å². The molecule has 1 heterocycles. The Morgan fingerprint density at radius 2 is 1.71 bits per heavy atom. The molecule has 0 aromatic carbocycles. The largest absolute Gasteiger partial charge is 0.368 e. The molecule has 0 radical (unpaired) electrons. The van der Waals surface area contributed by atoms with Crippen molar-refractivity contribution in [2.45, 2.75) is 26.7 Å². The van der Waals surface area contributed by atoms with Gasteiger partial charge < -0.3 is 15.5 Å². The number of nitrogens with zero attached hydrogens (tertiary/aromatic N) is 5. The number of hydrogen-bond acceptors (Lipinski definition) is 6. The maximum absolute atomic E-state index is 5.70. The summed E-state index contributed by atoms with van der Waals surface area (Å²) in [6.45, 7) is 6.07. The van der Waals surface area contributed by atoms with Gasteiger partial charge in [0.05, 0.1) is 0 Å². The number of aromatic nitrogens is 3. The second kappa shape index (κ2) is 6.22. The van der Waals surface area contributed by atoms with Gasteiger partial charge in [-0.05, 0) is 13.3 Å². The van der Waals surface area contributed by atoms with Crippen LogP contribution in [0.4, 0.5) is 17.8 Å². The van der Waals surface area contributed by atoms with Gasteiger partial charge in [0.2, 0.25) is 17.8 Å². The first kappa shape index (κ1) is 13.5. The standard InChI is InChI=1S/C11H22N6/c1-5-7-8-17(6-2)11-14-9(12)13-10(15-11)16(3)4/h5-8H2,1-4H3,(H2,12,13,14,15). The zero-order chi connectivity index (χ0) is 12.8. The molecule has 0 saturated heterocycles. The third kappa shape index (κ3) is 3.72. The molecule has 0 bridgehead atoms. The van der Waals surface area contributed by atoms with E-state index in [1.165, 1.54) is 0 Å². The lowest BCUT2D eigenvalue weighted by atomic mass is 10.3. The van der Waals surface area contributed by atoms with Gasteiger partial charge in [0.25, 0.3) is 0 Å². The van der Waals surface area contributed by atoms with Crippen LogP contribution in [0.25, 0.3) is 0 Å². The van der Waals surface area contributed by atoms with Crippen molar-refractivity contribution in [2.24, 2.45) is 0 Å². The molecule has 0 aliphatic rings. The highest BCUT2D eigenvalue weighted by Crippen LogP contribution is 2.13. The van der Waals surface area contributed by atoms with Crippen molar-refractivity contribution >= 4 is 17.8 Å². The third-order valence-electron chi connectivity index (χ3n) is 2.48. The van der Waals surface area contributed by atoms with Gasteiger partial charge in [0, 0.05) is 27.2 Å². The zero-order valence-corrected chi connectivity index (χ0v) is 11.1. The average molecular weight is 238 g/mol. The Morgan fingerprint density at radius 1 is 1.06 bits per heavy atom. The fourth-order valence-corrected chi connectivity index (χ4v) is 1.46. The van der Waals surface area contributed by atoms with Crippen molar-refractivity contribution in [2.75, 3.05) is 42.7 Å². The van der Waals surface area contributed by atoms with Crippen LogP contribution in [-0.4, -0.2) is 42.1 Å². The molecule has 0 spiro atoms. The molecule has 1 aromatic rings. The number of unbranched alkanes of at least 4 members (excludes halogenated alkanes) is 1. The van der Waals surface area contributed by atoms with Gasteiger partial charge >= 0.3 is 0 Å². The van der Waals surface area contributed by atoms with E-state index >= 15 is 0 Å². The second-order valence-corrected chi connectivity index (χ2v) is 4.12. The van der Waals surface area contributed by atoms with Crippen molar-refractivity contribution in [1.29, 1.82) is 0 Å². The topological polar surface area (TPSA) is 71.2 Å². The molecule has 0 aliphatic carbocycles. The van der Waals surface area contributed by atoms with Crippen LogP contribution in [0.1, 0.15) is 26.7 Å². The molecular weight excluding hydrogens is 216 g/mol. The van der Waals surface area contributed by atoms with E-state index in [4.69, 9.17) is 5.73 Å². The molecule has 0 amide bonds. The average Bonchev–Trinajstić information content (AvgIpc) is 2.29. The Kier molecular flexibility index (Phi) is 4.93. The zero-order valence-electron chi connectivity index (χ0n) is 11.1. The highest BCUT2D eigenvalue weighted by Gasteiger charge is 2.11. The first-order chi connectivity index (χ1) is 8.08. The van der Waals surface area contributed by atoms with Crippen molar-refractivity contribution in [3.63, 3.8) is 0 Å². The van der Waals surface area contributed by atoms with Gasteiger partial charge in [-0.2, -0.15) is 15.0 Å². The number of nitrogen functional groups attached to an aromatic ring is 1. The maximum Gasteiger partial charge on any atom is 0.231 e. The van der Waals surface area contributed by atoms with E-state index in [0.29, 0.717) is 11.9 Å². The number of rotatable bonds is 6. The molecule has 0 fully saturated rings. The highest BCUT2D eigenvalue weighted by molar-refractivity contribution is 5.42. The van der Waals surface area contributed by atoms with Crippen LogP contribution in [0.5, 0.6) is 0 Å². The fraction of sp³-hybridized carbons (Fsp3) is 0.727.